The van der Waals surface area contributed by atoms with Crippen molar-refractivity contribution in [3.05, 3.63) is 54.1 Å². The van der Waals surface area contributed by atoms with Gasteiger partial charge in [0.15, 0.2) is 0 Å². The molecule has 1 amide bonds. The summed E-state index contributed by atoms with van der Waals surface area (Å²) in [5.74, 6) is 1.26. The molecular formula is C18H20N2O3. The Kier molecular flexibility index (Phi) is 4.48. The Labute approximate surface area is 135 Å². The second-order valence-corrected chi connectivity index (χ2v) is 5.47. The molecule has 2 aromatic carbocycles. The fourth-order valence-corrected chi connectivity index (χ4v) is 2.71. The first-order chi connectivity index (χ1) is 11.2. The summed E-state index contributed by atoms with van der Waals surface area (Å²) in [6.45, 7) is 0.949. The SMILES string of the molecule is COc1ccc2c(c1)OCCN2C(=O)C(N)Cc1ccccc1. The lowest BCUT2D eigenvalue weighted by molar-refractivity contribution is -0.120. The molecule has 0 aliphatic carbocycles. The minimum atomic E-state index is -0.578. The lowest BCUT2D eigenvalue weighted by Gasteiger charge is -2.31. The van der Waals surface area contributed by atoms with Crippen LogP contribution in [0.2, 0.25) is 0 Å². The smallest absolute Gasteiger partial charge is 0.244 e. The molecule has 2 N–H and O–H groups in total. The van der Waals surface area contributed by atoms with Crippen LogP contribution in [0.5, 0.6) is 11.5 Å². The second kappa shape index (κ2) is 6.71. The van der Waals surface area contributed by atoms with E-state index < -0.39 is 6.04 Å². The zero-order chi connectivity index (χ0) is 16.2. The molecule has 0 saturated carbocycles. The van der Waals surface area contributed by atoms with Crippen LogP contribution in [-0.4, -0.2) is 32.2 Å². The number of amides is 1. The van der Waals surface area contributed by atoms with E-state index in [1.807, 2.05) is 42.5 Å². The van der Waals surface area contributed by atoms with Crippen LogP contribution in [0.15, 0.2) is 48.5 Å². The highest BCUT2D eigenvalue weighted by Gasteiger charge is 2.28. The average molecular weight is 312 g/mol. The lowest BCUT2D eigenvalue weighted by Crippen LogP contribution is -2.48. The molecule has 120 valence electrons. The fourth-order valence-electron chi connectivity index (χ4n) is 2.71. The Morgan fingerprint density at radius 1 is 1.30 bits per heavy atom. The van der Waals surface area contributed by atoms with Crippen molar-refractivity contribution in [3.63, 3.8) is 0 Å². The van der Waals surface area contributed by atoms with Crippen molar-refractivity contribution < 1.29 is 14.3 Å². The third kappa shape index (κ3) is 3.29. The van der Waals surface area contributed by atoms with Gasteiger partial charge in [-0.3, -0.25) is 4.79 Å². The summed E-state index contributed by atoms with van der Waals surface area (Å²) in [7, 11) is 1.60. The van der Waals surface area contributed by atoms with E-state index in [-0.39, 0.29) is 5.91 Å². The number of methoxy groups -OCH3 is 1. The van der Waals surface area contributed by atoms with Crippen LogP contribution in [0.4, 0.5) is 5.69 Å². The molecule has 1 unspecified atom stereocenters. The van der Waals surface area contributed by atoms with Crippen molar-refractivity contribution in [2.45, 2.75) is 12.5 Å². The van der Waals surface area contributed by atoms with Gasteiger partial charge in [-0.1, -0.05) is 30.3 Å². The van der Waals surface area contributed by atoms with Gasteiger partial charge >= 0.3 is 0 Å². The molecule has 0 fully saturated rings. The molecule has 1 heterocycles. The maximum absolute atomic E-state index is 12.7. The highest BCUT2D eigenvalue weighted by Crippen LogP contribution is 2.35. The Morgan fingerprint density at radius 2 is 2.09 bits per heavy atom. The molecule has 1 atom stereocenters. The molecule has 0 bridgehead atoms. The van der Waals surface area contributed by atoms with Crippen molar-refractivity contribution >= 4 is 11.6 Å². The Balaban J connectivity index is 1.78. The second-order valence-electron chi connectivity index (χ2n) is 5.47. The lowest BCUT2D eigenvalue weighted by atomic mass is 10.0. The number of fused-ring (bicyclic) bond motifs is 1. The summed E-state index contributed by atoms with van der Waals surface area (Å²) in [5, 5.41) is 0. The number of nitrogens with two attached hydrogens (primary N) is 1. The van der Waals surface area contributed by atoms with E-state index >= 15 is 0 Å². The van der Waals surface area contributed by atoms with Crippen LogP contribution in [-0.2, 0) is 11.2 Å². The average Bonchev–Trinajstić information content (AvgIpc) is 2.60. The number of ether oxygens (including phenoxy) is 2. The van der Waals surface area contributed by atoms with E-state index in [1.165, 1.54) is 0 Å². The van der Waals surface area contributed by atoms with Gasteiger partial charge < -0.3 is 20.1 Å². The van der Waals surface area contributed by atoms with Crippen LogP contribution in [0.1, 0.15) is 5.56 Å². The first-order valence-corrected chi connectivity index (χ1v) is 7.61. The van der Waals surface area contributed by atoms with E-state index in [0.717, 1.165) is 11.3 Å². The summed E-state index contributed by atoms with van der Waals surface area (Å²) < 4.78 is 10.8. The van der Waals surface area contributed by atoms with Crippen molar-refractivity contribution in [1.29, 1.82) is 0 Å². The zero-order valence-corrected chi connectivity index (χ0v) is 13.1. The van der Waals surface area contributed by atoms with E-state index in [4.69, 9.17) is 15.2 Å². The van der Waals surface area contributed by atoms with Crippen LogP contribution in [0.3, 0.4) is 0 Å². The molecule has 1 aliphatic heterocycles. The predicted molar refractivity (Wildman–Crippen MR) is 89.0 cm³/mol. The number of benzene rings is 2. The summed E-state index contributed by atoms with van der Waals surface area (Å²) in [6, 6.07) is 14.7. The summed E-state index contributed by atoms with van der Waals surface area (Å²) in [4.78, 5) is 14.4. The summed E-state index contributed by atoms with van der Waals surface area (Å²) >= 11 is 0. The number of carbonyl (C=O) groups is 1. The van der Waals surface area contributed by atoms with Gasteiger partial charge in [0, 0.05) is 6.07 Å². The number of hydrogen-bond donors (Lipinski definition) is 1. The minimum absolute atomic E-state index is 0.0939. The van der Waals surface area contributed by atoms with Crippen molar-refractivity contribution in [2.75, 3.05) is 25.2 Å². The molecule has 3 rings (SSSR count). The minimum Gasteiger partial charge on any atom is -0.497 e. The van der Waals surface area contributed by atoms with E-state index in [9.17, 15) is 4.79 Å². The normalized spacial score (nSPS) is 14.6. The standard InChI is InChI=1S/C18H20N2O3/c1-22-14-7-8-16-17(12-14)23-10-9-20(16)18(21)15(19)11-13-5-3-2-4-6-13/h2-8,12,15H,9-11,19H2,1H3. The van der Waals surface area contributed by atoms with Gasteiger partial charge in [-0.05, 0) is 24.1 Å². The van der Waals surface area contributed by atoms with Gasteiger partial charge in [0.05, 0.1) is 25.4 Å². The molecular weight excluding hydrogens is 292 g/mol. The molecule has 23 heavy (non-hydrogen) atoms. The van der Waals surface area contributed by atoms with E-state index in [0.29, 0.717) is 31.1 Å². The molecule has 0 radical (unpaired) electrons. The number of anilines is 1. The molecule has 5 heteroatoms. The maximum atomic E-state index is 12.7. The maximum Gasteiger partial charge on any atom is 0.244 e. The van der Waals surface area contributed by atoms with Crippen molar-refractivity contribution in [3.8, 4) is 11.5 Å². The Hall–Kier alpha value is -2.53. The first-order valence-electron chi connectivity index (χ1n) is 7.61. The summed E-state index contributed by atoms with van der Waals surface area (Å²) in [6.07, 6.45) is 0.516. The summed E-state index contributed by atoms with van der Waals surface area (Å²) in [5.41, 5.74) is 7.93. The topological polar surface area (TPSA) is 64.8 Å². The highest BCUT2D eigenvalue weighted by molar-refractivity contribution is 5.99. The molecule has 0 spiro atoms. The first kappa shape index (κ1) is 15.4. The van der Waals surface area contributed by atoms with Crippen LogP contribution < -0.4 is 20.1 Å². The van der Waals surface area contributed by atoms with Crippen molar-refractivity contribution in [1.82, 2.24) is 0 Å². The molecule has 1 aliphatic rings. The third-order valence-electron chi connectivity index (χ3n) is 3.91. The number of nitrogens with zero attached hydrogens (tertiary/aromatic N) is 1. The molecule has 5 nitrogen and oxygen atoms in total. The quantitative estimate of drug-likeness (QED) is 0.938. The largest absolute Gasteiger partial charge is 0.497 e. The van der Waals surface area contributed by atoms with Gasteiger partial charge in [-0.2, -0.15) is 0 Å². The van der Waals surface area contributed by atoms with Crippen LogP contribution in [0, 0.1) is 0 Å². The zero-order valence-electron chi connectivity index (χ0n) is 13.1. The van der Waals surface area contributed by atoms with Gasteiger partial charge in [0.1, 0.15) is 18.1 Å². The fraction of sp³-hybridized carbons (Fsp3) is 0.278. The van der Waals surface area contributed by atoms with Crippen LogP contribution in [0.25, 0.3) is 0 Å². The van der Waals surface area contributed by atoms with E-state index in [2.05, 4.69) is 0 Å². The van der Waals surface area contributed by atoms with Gasteiger partial charge in [-0.25, -0.2) is 0 Å². The van der Waals surface area contributed by atoms with Gasteiger partial charge in [0.2, 0.25) is 5.91 Å². The van der Waals surface area contributed by atoms with Crippen molar-refractivity contribution in [2.24, 2.45) is 5.73 Å². The van der Waals surface area contributed by atoms with Gasteiger partial charge in [0.25, 0.3) is 0 Å². The molecule has 0 saturated heterocycles. The van der Waals surface area contributed by atoms with Crippen LogP contribution >= 0.6 is 0 Å². The molecule has 2 aromatic rings. The van der Waals surface area contributed by atoms with E-state index in [1.54, 1.807) is 18.1 Å². The van der Waals surface area contributed by atoms with Gasteiger partial charge in [-0.15, -0.1) is 0 Å². The molecule has 0 aromatic heterocycles. The highest BCUT2D eigenvalue weighted by atomic mass is 16.5. The predicted octanol–water partition coefficient (Wildman–Crippen LogP) is 1.99. The Bertz CT molecular complexity index is 688. The monoisotopic (exact) mass is 312 g/mol. The third-order valence-corrected chi connectivity index (χ3v) is 3.91. The Morgan fingerprint density at radius 3 is 2.83 bits per heavy atom. The number of hydrogen-bond acceptors (Lipinski definition) is 4. The number of carbonyl (C=O) groups excluding carboxylic acids is 1. The number of rotatable bonds is 4.